The van der Waals surface area contributed by atoms with Crippen molar-refractivity contribution >= 4 is 44.4 Å². The topological polar surface area (TPSA) is 17.1 Å². The van der Waals surface area contributed by atoms with Crippen LogP contribution in [0.2, 0.25) is 0 Å². The Morgan fingerprint density at radius 3 is 3.06 bits per heavy atom. The van der Waals surface area contributed by atoms with Gasteiger partial charge in [-0.15, -0.1) is 11.3 Å². The number of carbonyl (C=O) groups excluding carboxylic acids is 1. The van der Waals surface area contributed by atoms with Crippen molar-refractivity contribution in [1.29, 1.82) is 0 Å². The summed E-state index contributed by atoms with van der Waals surface area (Å²) in [6.45, 7) is 1.61. The van der Waals surface area contributed by atoms with Gasteiger partial charge in [0, 0.05) is 17.4 Å². The number of rotatable bonds is 4. The van der Waals surface area contributed by atoms with E-state index in [-0.39, 0.29) is 5.12 Å². The summed E-state index contributed by atoms with van der Waals surface area (Å²) < 4.78 is 1.32. The van der Waals surface area contributed by atoms with Crippen LogP contribution in [0.1, 0.15) is 18.9 Å². The molecule has 17 heavy (non-hydrogen) atoms. The molecule has 1 aromatic heterocycles. The molecule has 0 aliphatic rings. The quantitative estimate of drug-likeness (QED) is 0.750. The second-order valence-corrected chi connectivity index (χ2v) is 5.90. The van der Waals surface area contributed by atoms with E-state index in [1.54, 1.807) is 18.3 Å². The first-order valence-corrected chi connectivity index (χ1v) is 7.40. The Labute approximate surface area is 110 Å². The van der Waals surface area contributed by atoms with E-state index < -0.39 is 0 Å². The first-order valence-electron chi connectivity index (χ1n) is 5.53. The third-order valence-corrected chi connectivity index (χ3v) is 4.23. The Balaban J connectivity index is 1.98. The molecule has 1 aromatic carbocycles. The second-order valence-electron chi connectivity index (χ2n) is 3.72. The average Bonchev–Trinajstić information content (AvgIpc) is 2.72. The van der Waals surface area contributed by atoms with Gasteiger partial charge in [-0.2, -0.15) is 0 Å². The summed E-state index contributed by atoms with van der Waals surface area (Å²) in [6.07, 6.45) is 5.23. The molecule has 0 spiro atoms. The van der Waals surface area contributed by atoms with Gasteiger partial charge in [-0.05, 0) is 28.8 Å². The van der Waals surface area contributed by atoms with Crippen molar-refractivity contribution in [2.45, 2.75) is 13.3 Å². The standard InChI is InChI=1S/C14H14OS2/c1-11(15)16-9-5-4-6-12-10-17-14-8-3-2-7-13(12)14/h2-4,6-8,10H,5,9H2,1H3. The van der Waals surface area contributed by atoms with Gasteiger partial charge in [0.05, 0.1) is 0 Å². The molecule has 0 N–H and O–H groups in total. The fourth-order valence-corrected chi connectivity index (χ4v) is 3.08. The first-order chi connectivity index (χ1) is 8.27. The summed E-state index contributed by atoms with van der Waals surface area (Å²) in [5, 5.41) is 3.69. The summed E-state index contributed by atoms with van der Waals surface area (Å²) >= 11 is 3.16. The molecule has 88 valence electrons. The van der Waals surface area contributed by atoms with Gasteiger partial charge >= 0.3 is 0 Å². The lowest BCUT2D eigenvalue weighted by atomic mass is 10.1. The monoisotopic (exact) mass is 262 g/mol. The van der Waals surface area contributed by atoms with Crippen LogP contribution in [-0.4, -0.2) is 10.9 Å². The van der Waals surface area contributed by atoms with Gasteiger partial charge in [0.1, 0.15) is 0 Å². The highest BCUT2D eigenvalue weighted by molar-refractivity contribution is 8.13. The summed E-state index contributed by atoms with van der Waals surface area (Å²) in [5.74, 6) is 0.869. The zero-order chi connectivity index (χ0) is 12.1. The second kappa shape index (κ2) is 6.03. The number of carbonyl (C=O) groups is 1. The van der Waals surface area contributed by atoms with Crippen LogP contribution in [0.25, 0.3) is 16.2 Å². The van der Waals surface area contributed by atoms with Crippen LogP contribution in [0.4, 0.5) is 0 Å². The molecule has 0 unspecified atom stereocenters. The fraction of sp³-hybridized carbons (Fsp3) is 0.214. The maximum absolute atomic E-state index is 10.8. The lowest BCUT2D eigenvalue weighted by Crippen LogP contribution is -1.83. The molecule has 1 heterocycles. The Morgan fingerprint density at radius 1 is 1.41 bits per heavy atom. The molecule has 0 aliphatic heterocycles. The summed E-state index contributed by atoms with van der Waals surface area (Å²) in [5.41, 5.74) is 1.28. The largest absolute Gasteiger partial charge is 0.288 e. The number of thioether (sulfide) groups is 1. The van der Waals surface area contributed by atoms with Gasteiger partial charge in [0.15, 0.2) is 5.12 Å². The number of benzene rings is 1. The average molecular weight is 262 g/mol. The van der Waals surface area contributed by atoms with Crippen LogP contribution in [0.15, 0.2) is 35.7 Å². The van der Waals surface area contributed by atoms with Crippen LogP contribution < -0.4 is 0 Å². The molecule has 2 aromatic rings. The van der Waals surface area contributed by atoms with E-state index >= 15 is 0 Å². The highest BCUT2D eigenvalue weighted by Gasteiger charge is 1.99. The van der Waals surface area contributed by atoms with Crippen LogP contribution >= 0.6 is 23.1 Å². The fourth-order valence-electron chi connectivity index (χ4n) is 1.61. The highest BCUT2D eigenvalue weighted by Crippen LogP contribution is 2.26. The molecule has 0 fully saturated rings. The minimum absolute atomic E-state index is 0.194. The lowest BCUT2D eigenvalue weighted by molar-refractivity contribution is -0.109. The van der Waals surface area contributed by atoms with Gasteiger partial charge in [-0.25, -0.2) is 0 Å². The van der Waals surface area contributed by atoms with Gasteiger partial charge in [-0.1, -0.05) is 42.1 Å². The lowest BCUT2D eigenvalue weighted by Gasteiger charge is -1.93. The molecule has 0 radical (unpaired) electrons. The van der Waals surface area contributed by atoms with Crippen LogP contribution in [0.5, 0.6) is 0 Å². The molecule has 1 nitrogen and oxygen atoms in total. The van der Waals surface area contributed by atoms with Crippen molar-refractivity contribution in [2.24, 2.45) is 0 Å². The van der Waals surface area contributed by atoms with Crippen LogP contribution in [0, 0.1) is 0 Å². The molecule has 0 saturated heterocycles. The van der Waals surface area contributed by atoms with Crippen molar-refractivity contribution in [3.05, 3.63) is 41.3 Å². The van der Waals surface area contributed by atoms with Crippen molar-refractivity contribution < 1.29 is 4.79 Å². The molecule has 0 saturated carbocycles. The number of hydrogen-bond acceptors (Lipinski definition) is 3. The van der Waals surface area contributed by atoms with Gasteiger partial charge < -0.3 is 0 Å². The third-order valence-electron chi connectivity index (χ3n) is 2.40. The first kappa shape index (κ1) is 12.4. The number of allylic oxidation sites excluding steroid dienone is 1. The van der Waals surface area contributed by atoms with Crippen LogP contribution in [0.3, 0.4) is 0 Å². The van der Waals surface area contributed by atoms with E-state index in [0.29, 0.717) is 0 Å². The Morgan fingerprint density at radius 2 is 2.24 bits per heavy atom. The Kier molecular flexibility index (Phi) is 4.40. The van der Waals surface area contributed by atoms with Crippen molar-refractivity contribution in [3.63, 3.8) is 0 Å². The summed E-state index contributed by atoms with van der Waals surface area (Å²) in [7, 11) is 0. The summed E-state index contributed by atoms with van der Waals surface area (Å²) in [6, 6.07) is 8.42. The maximum Gasteiger partial charge on any atom is 0.185 e. The van der Waals surface area contributed by atoms with Gasteiger partial charge in [0.25, 0.3) is 0 Å². The molecule has 0 bridgehead atoms. The zero-order valence-corrected chi connectivity index (χ0v) is 11.3. The van der Waals surface area contributed by atoms with E-state index in [1.165, 1.54) is 27.4 Å². The van der Waals surface area contributed by atoms with E-state index in [1.807, 2.05) is 0 Å². The van der Waals surface area contributed by atoms with Crippen molar-refractivity contribution in [1.82, 2.24) is 0 Å². The van der Waals surface area contributed by atoms with Crippen molar-refractivity contribution in [3.8, 4) is 0 Å². The molecule has 3 heteroatoms. The van der Waals surface area contributed by atoms with Crippen LogP contribution in [-0.2, 0) is 4.79 Å². The predicted octanol–water partition coefficient (Wildman–Crippen LogP) is 4.58. The SMILES string of the molecule is CC(=O)SCCC=Cc1csc2ccccc12. The van der Waals surface area contributed by atoms with E-state index in [0.717, 1.165) is 12.2 Å². The van der Waals surface area contributed by atoms with E-state index in [4.69, 9.17) is 0 Å². The minimum Gasteiger partial charge on any atom is -0.288 e. The molecule has 0 atom stereocenters. The van der Waals surface area contributed by atoms with Crippen molar-refractivity contribution in [2.75, 3.05) is 5.75 Å². The smallest absolute Gasteiger partial charge is 0.185 e. The van der Waals surface area contributed by atoms with Gasteiger partial charge in [-0.3, -0.25) is 4.79 Å². The minimum atomic E-state index is 0.194. The van der Waals surface area contributed by atoms with E-state index in [9.17, 15) is 4.79 Å². The third kappa shape index (κ3) is 3.45. The molecule has 2 rings (SSSR count). The van der Waals surface area contributed by atoms with E-state index in [2.05, 4.69) is 41.8 Å². The number of thiophene rings is 1. The number of fused-ring (bicyclic) bond motifs is 1. The maximum atomic E-state index is 10.8. The van der Waals surface area contributed by atoms with Gasteiger partial charge in [0.2, 0.25) is 0 Å². The summed E-state index contributed by atoms with van der Waals surface area (Å²) in [4.78, 5) is 10.8. The normalized spacial score (nSPS) is 11.4. The zero-order valence-electron chi connectivity index (χ0n) is 9.68. The molecular weight excluding hydrogens is 248 g/mol. The Bertz CT molecular complexity index is 540. The molecule has 0 amide bonds. The number of hydrogen-bond donors (Lipinski definition) is 0. The molecular formula is C14H14OS2. The molecule has 0 aliphatic carbocycles. The predicted molar refractivity (Wildman–Crippen MR) is 78.6 cm³/mol. The Hall–Kier alpha value is -1.06. The highest BCUT2D eigenvalue weighted by atomic mass is 32.2.